The maximum atomic E-state index is 13.3. The Kier molecular flexibility index (Phi) is 8.13. The first-order valence-electron chi connectivity index (χ1n) is 10.3. The molecule has 0 amide bonds. The molecule has 0 aliphatic carbocycles. The molecular formula is C27H29FO3. The molecule has 0 aromatic heterocycles. The van der Waals surface area contributed by atoms with Gasteiger partial charge >= 0.3 is 0 Å². The van der Waals surface area contributed by atoms with E-state index in [1.807, 2.05) is 42.5 Å². The van der Waals surface area contributed by atoms with Crippen molar-refractivity contribution in [2.24, 2.45) is 0 Å². The highest BCUT2D eigenvalue weighted by Gasteiger charge is 2.27. The van der Waals surface area contributed by atoms with Gasteiger partial charge in [-0.2, -0.15) is 0 Å². The van der Waals surface area contributed by atoms with Gasteiger partial charge in [0.1, 0.15) is 12.6 Å². The number of rotatable bonds is 10. The third-order valence-corrected chi connectivity index (χ3v) is 5.28. The van der Waals surface area contributed by atoms with E-state index < -0.39 is 5.60 Å². The van der Waals surface area contributed by atoms with E-state index >= 15 is 0 Å². The summed E-state index contributed by atoms with van der Waals surface area (Å²) in [6, 6.07) is 24.3. The first-order chi connectivity index (χ1) is 15.0. The average molecular weight is 421 g/mol. The quantitative estimate of drug-likeness (QED) is 0.321. The van der Waals surface area contributed by atoms with Crippen molar-refractivity contribution in [1.82, 2.24) is 0 Å². The van der Waals surface area contributed by atoms with Crippen molar-refractivity contribution in [3.63, 3.8) is 0 Å². The molecule has 0 aliphatic heterocycles. The molecule has 162 valence electrons. The maximum Gasteiger partial charge on any atom is 0.146 e. The summed E-state index contributed by atoms with van der Waals surface area (Å²) in [6.45, 7) is 2.55. The predicted molar refractivity (Wildman–Crippen MR) is 122 cm³/mol. The lowest BCUT2D eigenvalue weighted by Crippen LogP contribution is -2.24. The Labute approximate surface area is 183 Å². The lowest BCUT2D eigenvalue weighted by atomic mass is 9.82. The smallest absolute Gasteiger partial charge is 0.146 e. The van der Waals surface area contributed by atoms with Crippen LogP contribution in [0.3, 0.4) is 0 Å². The topological polar surface area (TPSA) is 38.7 Å². The zero-order chi connectivity index (χ0) is 22.1. The molecule has 0 bridgehead atoms. The van der Waals surface area contributed by atoms with Crippen LogP contribution in [0, 0.1) is 5.82 Å². The normalized spacial score (nSPS) is 14.5. The minimum atomic E-state index is -1.10. The van der Waals surface area contributed by atoms with Gasteiger partial charge in [0.05, 0.1) is 12.2 Å². The Bertz CT molecular complexity index is 948. The van der Waals surface area contributed by atoms with Crippen molar-refractivity contribution in [3.8, 4) is 0 Å². The molecule has 3 nitrogen and oxygen atoms in total. The van der Waals surface area contributed by atoms with E-state index in [4.69, 9.17) is 9.47 Å². The highest BCUT2D eigenvalue weighted by molar-refractivity contribution is 5.51. The standard InChI is InChI=1S/C27H29FO3/c1-27(29,25-14-16-26(28)17-15-25)18-24(23-6-4-3-5-7-23)13-12-21-8-10-22(11-9-21)19-31-20-30-2/h3-17,24,29H,18-20H2,1-2H3/b13-12+/t24-,27+/m1/s1. The minimum Gasteiger partial charge on any atom is -0.385 e. The molecule has 0 unspecified atom stereocenters. The summed E-state index contributed by atoms with van der Waals surface area (Å²) >= 11 is 0. The van der Waals surface area contributed by atoms with Gasteiger partial charge in [-0.15, -0.1) is 0 Å². The third kappa shape index (κ3) is 6.86. The van der Waals surface area contributed by atoms with Crippen molar-refractivity contribution >= 4 is 6.08 Å². The molecule has 2 atom stereocenters. The maximum absolute atomic E-state index is 13.3. The fourth-order valence-corrected chi connectivity index (χ4v) is 3.55. The van der Waals surface area contributed by atoms with Crippen molar-refractivity contribution in [2.75, 3.05) is 13.9 Å². The zero-order valence-electron chi connectivity index (χ0n) is 18.0. The van der Waals surface area contributed by atoms with Gasteiger partial charge in [0.2, 0.25) is 0 Å². The fraction of sp³-hybridized carbons (Fsp3) is 0.259. The molecule has 4 heteroatoms. The highest BCUT2D eigenvalue weighted by atomic mass is 19.1. The van der Waals surface area contributed by atoms with Gasteiger partial charge < -0.3 is 14.6 Å². The first kappa shape index (κ1) is 22.9. The summed E-state index contributed by atoms with van der Waals surface area (Å²) in [7, 11) is 1.60. The number of ether oxygens (including phenoxy) is 2. The lowest BCUT2D eigenvalue weighted by molar-refractivity contribution is -0.0390. The van der Waals surface area contributed by atoms with Crippen LogP contribution in [0.4, 0.5) is 4.39 Å². The van der Waals surface area contributed by atoms with Gasteiger partial charge in [0, 0.05) is 13.0 Å². The van der Waals surface area contributed by atoms with Crippen LogP contribution in [0.2, 0.25) is 0 Å². The van der Waals surface area contributed by atoms with Gasteiger partial charge in [-0.3, -0.25) is 0 Å². The summed E-state index contributed by atoms with van der Waals surface area (Å²) < 4.78 is 23.6. The Morgan fingerprint density at radius 2 is 1.65 bits per heavy atom. The van der Waals surface area contributed by atoms with Crippen LogP contribution in [0.1, 0.15) is 41.5 Å². The second-order valence-corrected chi connectivity index (χ2v) is 7.86. The number of benzene rings is 3. The van der Waals surface area contributed by atoms with Gasteiger partial charge in [0.25, 0.3) is 0 Å². The van der Waals surface area contributed by atoms with E-state index in [1.165, 1.54) is 12.1 Å². The molecule has 0 spiro atoms. The number of allylic oxidation sites excluding steroid dienone is 1. The van der Waals surface area contributed by atoms with E-state index in [2.05, 4.69) is 24.3 Å². The van der Waals surface area contributed by atoms with Crippen LogP contribution in [0.25, 0.3) is 6.08 Å². The average Bonchev–Trinajstić information content (AvgIpc) is 2.78. The van der Waals surface area contributed by atoms with Crippen molar-refractivity contribution in [1.29, 1.82) is 0 Å². The highest BCUT2D eigenvalue weighted by Crippen LogP contribution is 2.34. The molecule has 0 saturated carbocycles. The second kappa shape index (κ2) is 11.0. The summed E-state index contributed by atoms with van der Waals surface area (Å²) in [4.78, 5) is 0. The number of methoxy groups -OCH3 is 1. The molecule has 3 aromatic carbocycles. The van der Waals surface area contributed by atoms with E-state index in [9.17, 15) is 9.50 Å². The van der Waals surface area contributed by atoms with E-state index in [0.29, 0.717) is 18.6 Å². The monoisotopic (exact) mass is 420 g/mol. The van der Waals surface area contributed by atoms with Crippen LogP contribution in [-0.2, 0) is 21.7 Å². The zero-order valence-corrected chi connectivity index (χ0v) is 18.0. The second-order valence-electron chi connectivity index (χ2n) is 7.86. The minimum absolute atomic E-state index is 0.00836. The van der Waals surface area contributed by atoms with Crippen molar-refractivity contribution < 1.29 is 19.0 Å². The van der Waals surface area contributed by atoms with Gasteiger partial charge in [-0.05, 0) is 47.7 Å². The van der Waals surface area contributed by atoms with Crippen LogP contribution < -0.4 is 0 Å². The molecule has 0 radical (unpaired) electrons. The van der Waals surface area contributed by atoms with Gasteiger partial charge in [-0.1, -0.05) is 78.9 Å². The molecule has 31 heavy (non-hydrogen) atoms. The summed E-state index contributed by atoms with van der Waals surface area (Å²) in [5.41, 5.74) is 2.86. The SMILES string of the molecule is COCOCc1ccc(/C=C/[C@H](C[C@](C)(O)c2ccc(F)cc2)c2ccccc2)cc1. The van der Waals surface area contributed by atoms with Crippen LogP contribution in [-0.4, -0.2) is 19.0 Å². The number of hydrogen-bond donors (Lipinski definition) is 1. The van der Waals surface area contributed by atoms with Gasteiger partial charge in [-0.25, -0.2) is 4.39 Å². The first-order valence-corrected chi connectivity index (χ1v) is 10.3. The van der Waals surface area contributed by atoms with Crippen molar-refractivity contribution in [2.45, 2.75) is 31.5 Å². The Balaban J connectivity index is 1.77. The third-order valence-electron chi connectivity index (χ3n) is 5.28. The van der Waals surface area contributed by atoms with Crippen molar-refractivity contribution in [3.05, 3.63) is 113 Å². The molecule has 3 aromatic rings. The molecule has 0 aliphatic rings. The number of aliphatic hydroxyl groups is 1. The Morgan fingerprint density at radius 3 is 2.29 bits per heavy atom. The van der Waals surface area contributed by atoms with Crippen LogP contribution in [0.5, 0.6) is 0 Å². The lowest BCUT2D eigenvalue weighted by Gasteiger charge is -2.28. The molecule has 1 N–H and O–H groups in total. The Hall–Kier alpha value is -2.79. The van der Waals surface area contributed by atoms with E-state index in [1.54, 1.807) is 26.2 Å². The molecule has 0 heterocycles. The summed E-state index contributed by atoms with van der Waals surface area (Å²) in [5, 5.41) is 11.2. The Morgan fingerprint density at radius 1 is 0.968 bits per heavy atom. The van der Waals surface area contributed by atoms with E-state index in [-0.39, 0.29) is 18.5 Å². The molecule has 0 fully saturated rings. The largest absolute Gasteiger partial charge is 0.385 e. The van der Waals surface area contributed by atoms with Gasteiger partial charge in [0.15, 0.2) is 0 Å². The molecule has 3 rings (SSSR count). The molecular weight excluding hydrogens is 391 g/mol. The fourth-order valence-electron chi connectivity index (χ4n) is 3.55. The summed E-state index contributed by atoms with van der Waals surface area (Å²) in [5.74, 6) is -0.318. The summed E-state index contributed by atoms with van der Waals surface area (Å²) in [6.07, 6.45) is 4.66. The van der Waals surface area contributed by atoms with Crippen LogP contribution >= 0.6 is 0 Å². The predicted octanol–water partition coefficient (Wildman–Crippen LogP) is 6.04. The number of hydrogen-bond acceptors (Lipinski definition) is 3. The number of halogens is 1. The van der Waals surface area contributed by atoms with E-state index in [0.717, 1.165) is 16.7 Å². The molecule has 0 saturated heterocycles. The van der Waals surface area contributed by atoms with Crippen LogP contribution in [0.15, 0.2) is 84.9 Å².